The number of ketones is 1. The number of esters is 1. The SMILES string of the molecule is CC[C@H]1OC(=O)[C@H](C)C(=O)[C@H](C)[C@@H](O[C@@H]2O[C@H](C)C[C@H](N(C)C)[C@H]2O)[C@@](C)(OC)C[C@@H](C)C(=NOCCNCCCOCCCNCC(C)Cc2ccc(C(C)C)cc2)[C@H](C)[C@@H](O)[C@]1(C)O. The number of aliphatic hydroxyl groups excluding tert-OH is 2. The first-order chi connectivity index (χ1) is 31.1. The number of methoxy groups -OCH3 is 1. The number of Topliss-reactive ketones (excluding diaryl/α,β-unsaturated/α-hetero) is 1. The lowest BCUT2D eigenvalue weighted by atomic mass is 9.74. The number of hydrogen-bond donors (Lipinski definition) is 5. The van der Waals surface area contributed by atoms with Crippen LogP contribution in [0.2, 0.25) is 0 Å². The van der Waals surface area contributed by atoms with Crippen molar-refractivity contribution in [1.82, 2.24) is 15.5 Å². The maximum Gasteiger partial charge on any atom is 0.316 e. The molecule has 0 aromatic heterocycles. The summed E-state index contributed by atoms with van der Waals surface area (Å²) in [5.41, 5.74) is 0.0679. The molecule has 2 fully saturated rings. The zero-order chi connectivity index (χ0) is 49.4. The van der Waals surface area contributed by atoms with E-state index in [1.165, 1.54) is 32.1 Å². The second-order valence-corrected chi connectivity index (χ2v) is 20.3. The zero-order valence-electron chi connectivity index (χ0n) is 43.0. The van der Waals surface area contributed by atoms with Crippen LogP contribution in [0.25, 0.3) is 0 Å². The molecule has 0 aliphatic carbocycles. The summed E-state index contributed by atoms with van der Waals surface area (Å²) >= 11 is 0. The third-order valence-electron chi connectivity index (χ3n) is 13.9. The van der Waals surface area contributed by atoms with E-state index in [1.54, 1.807) is 20.8 Å². The van der Waals surface area contributed by atoms with Crippen LogP contribution in [0.3, 0.4) is 0 Å². The van der Waals surface area contributed by atoms with E-state index in [2.05, 4.69) is 60.8 Å². The van der Waals surface area contributed by atoms with Crippen molar-refractivity contribution in [3.8, 4) is 0 Å². The molecule has 14 atom stereocenters. The molecule has 2 aliphatic heterocycles. The van der Waals surface area contributed by atoms with Gasteiger partial charge in [-0.05, 0) is 123 Å². The Labute approximate surface area is 397 Å². The minimum Gasteiger partial charge on any atom is -0.459 e. The van der Waals surface area contributed by atoms with Crippen molar-refractivity contribution >= 4 is 17.5 Å². The maximum absolute atomic E-state index is 14.2. The number of nitrogens with zero attached hydrogens (tertiary/aromatic N) is 2. The average molecular weight is 935 g/mol. The molecule has 1 unspecified atom stereocenters. The molecule has 0 bridgehead atoms. The van der Waals surface area contributed by atoms with Gasteiger partial charge in [-0.2, -0.15) is 0 Å². The van der Waals surface area contributed by atoms with Gasteiger partial charge in [0, 0.05) is 50.7 Å². The largest absolute Gasteiger partial charge is 0.459 e. The van der Waals surface area contributed by atoms with E-state index in [0.717, 1.165) is 38.9 Å². The summed E-state index contributed by atoms with van der Waals surface area (Å²) in [6.45, 7) is 25.2. The lowest BCUT2D eigenvalue weighted by Gasteiger charge is -2.47. The molecular formula is C51H90N4O11. The number of cyclic esters (lactones) is 1. The van der Waals surface area contributed by atoms with Crippen LogP contribution in [-0.4, -0.2) is 159 Å². The predicted octanol–water partition coefficient (Wildman–Crippen LogP) is 5.50. The van der Waals surface area contributed by atoms with Crippen molar-refractivity contribution in [2.75, 3.05) is 67.2 Å². The first kappa shape index (κ1) is 57.7. The fraction of sp³-hybridized carbons (Fsp3) is 0.824. The Balaban J connectivity index is 1.64. The fourth-order valence-electron chi connectivity index (χ4n) is 9.54. The van der Waals surface area contributed by atoms with Crippen LogP contribution < -0.4 is 10.6 Å². The van der Waals surface area contributed by atoms with Crippen LogP contribution in [0.5, 0.6) is 0 Å². The summed E-state index contributed by atoms with van der Waals surface area (Å²) in [5, 5.41) is 46.7. The molecule has 2 aliphatic rings. The molecule has 15 nitrogen and oxygen atoms in total. The normalized spacial score (nSPS) is 34.1. The minimum absolute atomic E-state index is 0.176. The Morgan fingerprint density at radius 2 is 1.56 bits per heavy atom. The summed E-state index contributed by atoms with van der Waals surface area (Å²) < 4.78 is 30.8. The Morgan fingerprint density at radius 3 is 2.15 bits per heavy atom. The van der Waals surface area contributed by atoms with Gasteiger partial charge in [0.1, 0.15) is 30.3 Å². The quantitative estimate of drug-likeness (QED) is 0.0424. The molecule has 2 saturated heterocycles. The van der Waals surface area contributed by atoms with Crippen LogP contribution in [0.15, 0.2) is 29.4 Å². The van der Waals surface area contributed by atoms with Gasteiger partial charge >= 0.3 is 5.97 Å². The highest BCUT2D eigenvalue weighted by atomic mass is 16.7. The van der Waals surface area contributed by atoms with Crippen molar-refractivity contribution in [1.29, 1.82) is 0 Å². The predicted molar refractivity (Wildman–Crippen MR) is 258 cm³/mol. The monoisotopic (exact) mass is 935 g/mol. The fourth-order valence-corrected chi connectivity index (χ4v) is 9.54. The minimum atomic E-state index is -1.91. The van der Waals surface area contributed by atoms with Gasteiger partial charge in [-0.25, -0.2) is 0 Å². The first-order valence-electron chi connectivity index (χ1n) is 24.7. The number of benzene rings is 1. The van der Waals surface area contributed by atoms with E-state index in [-0.39, 0.29) is 31.6 Å². The topological polar surface area (TPSA) is 190 Å². The van der Waals surface area contributed by atoms with Crippen LogP contribution >= 0.6 is 0 Å². The van der Waals surface area contributed by atoms with Crippen molar-refractivity contribution in [3.63, 3.8) is 0 Å². The molecule has 0 spiro atoms. The van der Waals surface area contributed by atoms with E-state index < -0.39 is 77.3 Å². The lowest BCUT2D eigenvalue weighted by molar-refractivity contribution is -0.295. The molecular weight excluding hydrogens is 845 g/mol. The van der Waals surface area contributed by atoms with Crippen LogP contribution in [0, 0.1) is 29.6 Å². The molecule has 0 radical (unpaired) electrons. The smallest absolute Gasteiger partial charge is 0.316 e. The number of hydrogen-bond acceptors (Lipinski definition) is 15. The number of aliphatic hydroxyl groups is 3. The number of carbonyl (C=O) groups is 2. The maximum atomic E-state index is 14.2. The van der Waals surface area contributed by atoms with E-state index in [9.17, 15) is 24.9 Å². The molecule has 2 heterocycles. The molecule has 380 valence electrons. The standard InChI is InChI=1S/C51H90N4O11/c1-15-42-51(11,60)46(58)36(7)43(54-63-27-24-52-22-16-25-62-26-17-23-53-31-33(4)28-39-18-20-40(21-19-39)32(2)3)34(5)30-50(10,61-14)47(37(8)44(56)38(9)48(59)65-42)66-49-45(57)41(55(12)13)29-35(6)64-49/h18-21,32-38,41-42,45-47,49,52-53,57-58,60H,15-17,22-31H2,1-14H3/t33?,34-,35-,36+,37+,38-,41+,42-,45-,46-,47-,49+,50+,51-/m1/s1. The number of carbonyl (C=O) groups excluding carboxylic acids is 2. The third-order valence-corrected chi connectivity index (χ3v) is 13.9. The summed E-state index contributed by atoms with van der Waals surface area (Å²) in [5.74, 6) is -3.59. The van der Waals surface area contributed by atoms with Gasteiger partial charge in [0.15, 0.2) is 12.1 Å². The van der Waals surface area contributed by atoms with E-state index in [4.69, 9.17) is 28.5 Å². The van der Waals surface area contributed by atoms with Gasteiger partial charge in [-0.3, -0.25) is 9.59 Å². The highest BCUT2D eigenvalue weighted by Gasteiger charge is 2.51. The van der Waals surface area contributed by atoms with E-state index in [1.807, 2.05) is 39.8 Å². The summed E-state index contributed by atoms with van der Waals surface area (Å²) in [4.78, 5) is 35.7. The second-order valence-electron chi connectivity index (χ2n) is 20.3. The number of ether oxygens (including phenoxy) is 5. The van der Waals surface area contributed by atoms with Gasteiger partial charge in [0.25, 0.3) is 0 Å². The van der Waals surface area contributed by atoms with Gasteiger partial charge in [0.05, 0.1) is 29.6 Å². The number of nitrogens with one attached hydrogen (secondary N) is 2. The van der Waals surface area contributed by atoms with Gasteiger partial charge < -0.3 is 59.4 Å². The molecule has 0 saturated carbocycles. The molecule has 3 rings (SSSR count). The van der Waals surface area contributed by atoms with Crippen molar-refractivity contribution < 1.29 is 53.4 Å². The second kappa shape index (κ2) is 27.6. The summed E-state index contributed by atoms with van der Waals surface area (Å²) in [6.07, 6.45) is -2.17. The molecule has 1 aromatic rings. The molecule has 1 aromatic carbocycles. The number of rotatable bonds is 22. The van der Waals surface area contributed by atoms with Crippen LogP contribution in [0.4, 0.5) is 0 Å². The van der Waals surface area contributed by atoms with Gasteiger partial charge in [0.2, 0.25) is 0 Å². The Bertz CT molecular complexity index is 1610. The highest BCUT2D eigenvalue weighted by molar-refractivity contribution is 6.00. The number of oxime groups is 1. The van der Waals surface area contributed by atoms with Gasteiger partial charge in [-0.15, -0.1) is 0 Å². The molecule has 66 heavy (non-hydrogen) atoms. The molecule has 0 amide bonds. The van der Waals surface area contributed by atoms with Gasteiger partial charge in [-0.1, -0.05) is 77.9 Å². The third kappa shape index (κ3) is 16.5. The average Bonchev–Trinajstić information content (AvgIpc) is 3.27. The van der Waals surface area contributed by atoms with E-state index in [0.29, 0.717) is 43.7 Å². The molecule has 5 N–H and O–H groups in total. The summed E-state index contributed by atoms with van der Waals surface area (Å²) in [6, 6.07) is 8.72. The van der Waals surface area contributed by atoms with Crippen molar-refractivity contribution in [2.24, 2.45) is 34.7 Å². The van der Waals surface area contributed by atoms with E-state index >= 15 is 0 Å². The van der Waals surface area contributed by atoms with Crippen LogP contribution in [-0.2, 0) is 44.5 Å². The zero-order valence-corrected chi connectivity index (χ0v) is 43.0. The summed E-state index contributed by atoms with van der Waals surface area (Å²) in [7, 11) is 5.29. The number of likely N-dealkylation sites (N-methyl/N-ethyl adjacent to an activating group) is 1. The van der Waals surface area contributed by atoms with Crippen molar-refractivity contribution in [3.05, 3.63) is 35.4 Å². The Morgan fingerprint density at radius 1 is 0.924 bits per heavy atom. The first-order valence-corrected chi connectivity index (χ1v) is 24.7. The highest BCUT2D eigenvalue weighted by Crippen LogP contribution is 2.38. The lowest BCUT2D eigenvalue weighted by Crippen LogP contribution is -2.60. The Kier molecular flexibility index (Phi) is 24.1. The Hall–Kier alpha value is -2.57. The van der Waals surface area contributed by atoms with Crippen molar-refractivity contribution in [2.45, 2.75) is 175 Å². The molecule has 15 heteroatoms. The van der Waals surface area contributed by atoms with Crippen LogP contribution in [0.1, 0.15) is 125 Å².